The van der Waals surface area contributed by atoms with Crippen LogP contribution in [0.4, 0.5) is 11.5 Å². The minimum absolute atomic E-state index is 0.335. The van der Waals surface area contributed by atoms with Crippen molar-refractivity contribution in [3.63, 3.8) is 0 Å². The van der Waals surface area contributed by atoms with E-state index in [1.807, 2.05) is 12.1 Å². The van der Waals surface area contributed by atoms with Crippen LogP contribution in [0.5, 0.6) is 0 Å². The van der Waals surface area contributed by atoms with Gasteiger partial charge in [0.2, 0.25) is 4.77 Å². The Balaban J connectivity index is 2.26. The number of hydrogen-bond acceptors (Lipinski definition) is 4. The van der Waals surface area contributed by atoms with E-state index in [0.29, 0.717) is 15.6 Å². The fourth-order valence-electron chi connectivity index (χ4n) is 1.09. The Bertz CT molecular complexity index is 525. The molecule has 0 aliphatic rings. The van der Waals surface area contributed by atoms with Gasteiger partial charge in [-0.1, -0.05) is 17.7 Å². The molecule has 0 aliphatic carbocycles. The summed E-state index contributed by atoms with van der Waals surface area (Å²) < 4.78 is 0.335. The van der Waals surface area contributed by atoms with E-state index in [9.17, 15) is 0 Å². The molecule has 15 heavy (non-hydrogen) atoms. The first-order valence-corrected chi connectivity index (χ1v) is 4.97. The zero-order chi connectivity index (χ0) is 10.7. The molecule has 6 heteroatoms. The molecule has 1 aromatic heterocycles. The van der Waals surface area contributed by atoms with E-state index in [1.165, 1.54) is 0 Å². The highest BCUT2D eigenvalue weighted by atomic mass is 35.5. The summed E-state index contributed by atoms with van der Waals surface area (Å²) in [5.74, 6) is 0.584. The summed E-state index contributed by atoms with van der Waals surface area (Å²) in [4.78, 5) is 4.04. The Morgan fingerprint density at radius 3 is 3.00 bits per heavy atom. The zero-order valence-corrected chi connectivity index (χ0v) is 9.14. The first kappa shape index (κ1) is 10.1. The molecule has 0 radical (unpaired) electrons. The van der Waals surface area contributed by atoms with Gasteiger partial charge in [-0.25, -0.2) is 0 Å². The minimum atomic E-state index is 0.335. The van der Waals surface area contributed by atoms with Crippen molar-refractivity contribution < 1.29 is 0 Å². The molecule has 2 aromatic rings. The number of aromatic nitrogens is 3. The molecule has 2 N–H and O–H groups in total. The van der Waals surface area contributed by atoms with E-state index in [-0.39, 0.29) is 0 Å². The number of H-pyrrole nitrogens is 1. The maximum atomic E-state index is 5.84. The van der Waals surface area contributed by atoms with E-state index in [0.717, 1.165) is 5.69 Å². The number of rotatable bonds is 2. The van der Waals surface area contributed by atoms with E-state index >= 15 is 0 Å². The fraction of sp³-hybridized carbons (Fsp3) is 0. The number of nitrogens with zero attached hydrogens (tertiary/aromatic N) is 2. The highest BCUT2D eigenvalue weighted by Crippen LogP contribution is 2.17. The lowest BCUT2D eigenvalue weighted by molar-refractivity contribution is 0.953. The topological polar surface area (TPSA) is 53.6 Å². The number of benzene rings is 1. The molecule has 76 valence electrons. The maximum Gasteiger partial charge on any atom is 0.215 e. The Kier molecular flexibility index (Phi) is 2.94. The molecule has 0 amide bonds. The van der Waals surface area contributed by atoms with Crippen LogP contribution in [-0.4, -0.2) is 15.2 Å². The van der Waals surface area contributed by atoms with E-state index in [2.05, 4.69) is 20.5 Å². The molecule has 0 fully saturated rings. The third-order valence-electron chi connectivity index (χ3n) is 1.67. The van der Waals surface area contributed by atoms with Gasteiger partial charge in [0.1, 0.15) is 0 Å². The summed E-state index contributed by atoms with van der Waals surface area (Å²) in [6.45, 7) is 0. The molecule has 0 saturated heterocycles. The highest BCUT2D eigenvalue weighted by molar-refractivity contribution is 7.71. The molecule has 4 nitrogen and oxygen atoms in total. The van der Waals surface area contributed by atoms with Crippen molar-refractivity contribution in [3.05, 3.63) is 40.3 Å². The zero-order valence-electron chi connectivity index (χ0n) is 7.57. The Morgan fingerprint density at radius 1 is 1.40 bits per heavy atom. The highest BCUT2D eigenvalue weighted by Gasteiger charge is 1.96. The van der Waals surface area contributed by atoms with Crippen LogP contribution in [0.3, 0.4) is 0 Å². The lowest BCUT2D eigenvalue weighted by Gasteiger charge is -2.04. The summed E-state index contributed by atoms with van der Waals surface area (Å²) in [6.07, 6.45) is 1.55. The SMILES string of the molecule is S=c1nc(Nc2cccc(Cl)c2)cn[nH]1. The third kappa shape index (κ3) is 2.74. The van der Waals surface area contributed by atoms with Crippen molar-refractivity contribution in [1.82, 2.24) is 15.2 Å². The predicted molar refractivity (Wildman–Crippen MR) is 62.0 cm³/mol. The van der Waals surface area contributed by atoms with Gasteiger partial charge in [-0.2, -0.15) is 10.1 Å². The lowest BCUT2D eigenvalue weighted by atomic mass is 10.3. The van der Waals surface area contributed by atoms with Crippen LogP contribution < -0.4 is 5.32 Å². The molecular formula is C9H7ClN4S. The Labute approximate surface area is 96.3 Å². The molecule has 0 saturated carbocycles. The second kappa shape index (κ2) is 4.37. The van der Waals surface area contributed by atoms with Crippen molar-refractivity contribution in [1.29, 1.82) is 0 Å². The first-order chi connectivity index (χ1) is 7.24. The molecule has 1 aromatic carbocycles. The molecule has 0 spiro atoms. The Morgan fingerprint density at radius 2 is 2.27 bits per heavy atom. The van der Waals surface area contributed by atoms with Crippen LogP contribution >= 0.6 is 23.8 Å². The molecule has 0 aliphatic heterocycles. The second-order valence-corrected chi connectivity index (χ2v) is 3.63. The first-order valence-electron chi connectivity index (χ1n) is 4.18. The van der Waals surface area contributed by atoms with Crippen LogP contribution in [-0.2, 0) is 0 Å². The summed E-state index contributed by atoms with van der Waals surface area (Å²) in [6, 6.07) is 7.33. The number of anilines is 2. The van der Waals surface area contributed by atoms with Crippen molar-refractivity contribution >= 4 is 35.3 Å². The van der Waals surface area contributed by atoms with Crippen molar-refractivity contribution in [2.75, 3.05) is 5.32 Å². The lowest BCUT2D eigenvalue weighted by Crippen LogP contribution is -1.96. The molecule has 0 bridgehead atoms. The second-order valence-electron chi connectivity index (χ2n) is 2.81. The quantitative estimate of drug-likeness (QED) is 0.790. The molecule has 0 atom stereocenters. The van der Waals surface area contributed by atoms with Gasteiger partial charge in [-0.3, -0.25) is 5.10 Å². The average Bonchev–Trinajstić information content (AvgIpc) is 2.17. The maximum absolute atomic E-state index is 5.84. The van der Waals surface area contributed by atoms with Gasteiger partial charge in [-0.05, 0) is 30.4 Å². The van der Waals surface area contributed by atoms with Crippen LogP contribution in [0.15, 0.2) is 30.5 Å². The summed E-state index contributed by atoms with van der Waals surface area (Å²) in [7, 11) is 0. The van der Waals surface area contributed by atoms with Crippen LogP contribution in [0.25, 0.3) is 0 Å². The van der Waals surface area contributed by atoms with Gasteiger partial charge < -0.3 is 5.32 Å². The van der Waals surface area contributed by atoms with Crippen molar-refractivity contribution in [3.8, 4) is 0 Å². The fourth-order valence-corrected chi connectivity index (χ4v) is 1.43. The van der Waals surface area contributed by atoms with Crippen LogP contribution in [0, 0.1) is 4.77 Å². The van der Waals surface area contributed by atoms with Crippen molar-refractivity contribution in [2.24, 2.45) is 0 Å². The summed E-state index contributed by atoms with van der Waals surface area (Å²) in [5, 5.41) is 10.1. The third-order valence-corrected chi connectivity index (χ3v) is 2.08. The van der Waals surface area contributed by atoms with Crippen molar-refractivity contribution in [2.45, 2.75) is 0 Å². The number of aromatic amines is 1. The number of halogens is 1. The largest absolute Gasteiger partial charge is 0.339 e. The minimum Gasteiger partial charge on any atom is -0.339 e. The van der Waals surface area contributed by atoms with E-state index in [4.69, 9.17) is 23.8 Å². The van der Waals surface area contributed by atoms with Gasteiger partial charge in [-0.15, -0.1) is 0 Å². The average molecular weight is 239 g/mol. The summed E-state index contributed by atoms with van der Waals surface area (Å²) >= 11 is 10.7. The predicted octanol–water partition coefficient (Wildman–Crippen LogP) is 2.93. The van der Waals surface area contributed by atoms with Gasteiger partial charge in [0.25, 0.3) is 0 Å². The molecule has 0 unspecified atom stereocenters. The molecular weight excluding hydrogens is 232 g/mol. The molecule has 2 rings (SSSR count). The van der Waals surface area contributed by atoms with E-state index in [1.54, 1.807) is 18.3 Å². The number of nitrogens with one attached hydrogen (secondary N) is 2. The van der Waals surface area contributed by atoms with Gasteiger partial charge in [0.05, 0.1) is 6.20 Å². The smallest absolute Gasteiger partial charge is 0.215 e. The van der Waals surface area contributed by atoms with Gasteiger partial charge in [0.15, 0.2) is 5.82 Å². The summed E-state index contributed by atoms with van der Waals surface area (Å²) in [5.41, 5.74) is 0.845. The van der Waals surface area contributed by atoms with Gasteiger partial charge in [0, 0.05) is 10.7 Å². The standard InChI is InChI=1S/C9H7ClN4S/c10-6-2-1-3-7(4-6)12-8-5-11-14-9(15)13-8/h1-5H,(H2,12,13,14,15). The molecule has 1 heterocycles. The normalized spacial score (nSPS) is 9.93. The van der Waals surface area contributed by atoms with Crippen LogP contribution in [0.2, 0.25) is 5.02 Å². The number of hydrogen-bond donors (Lipinski definition) is 2. The van der Waals surface area contributed by atoms with Gasteiger partial charge >= 0.3 is 0 Å². The van der Waals surface area contributed by atoms with E-state index < -0.39 is 0 Å². The Hall–Kier alpha value is -1.46. The van der Waals surface area contributed by atoms with Crippen LogP contribution in [0.1, 0.15) is 0 Å². The monoisotopic (exact) mass is 238 g/mol.